The van der Waals surface area contributed by atoms with Crippen LogP contribution in [0.4, 0.5) is 23.7 Å². The molecule has 0 spiro atoms. The van der Waals surface area contributed by atoms with Gasteiger partial charge in [0.15, 0.2) is 11.0 Å². The molecule has 232 valence electrons. The van der Waals surface area contributed by atoms with Crippen molar-refractivity contribution < 1.29 is 32.2 Å². The molecule has 3 amide bonds. The molecule has 45 heavy (non-hydrogen) atoms. The highest BCUT2D eigenvalue weighted by molar-refractivity contribution is 8.15. The molecule has 1 N–H and O–H groups in total. The van der Waals surface area contributed by atoms with Crippen molar-refractivity contribution in [3.63, 3.8) is 0 Å². The summed E-state index contributed by atoms with van der Waals surface area (Å²) >= 11 is 1.16. The molecule has 1 fully saturated rings. The number of carbonyl (C=O) groups is 2. The van der Waals surface area contributed by atoms with E-state index in [9.17, 15) is 22.8 Å². The molecule has 1 aliphatic heterocycles. The lowest BCUT2D eigenvalue weighted by Gasteiger charge is -2.22. The molecular weight excluding hydrogens is 611 g/mol. The first-order chi connectivity index (χ1) is 21.5. The molecule has 3 aromatic carbocycles. The Bertz CT molecular complexity index is 1750. The van der Waals surface area contributed by atoms with Gasteiger partial charge in [0.25, 0.3) is 0 Å². The number of hydrogen-bond acceptors (Lipinski definition) is 8. The number of benzene rings is 3. The maximum absolute atomic E-state index is 12.8. The van der Waals surface area contributed by atoms with Crippen molar-refractivity contribution in [3.8, 4) is 28.6 Å². The van der Waals surface area contributed by atoms with Crippen molar-refractivity contribution in [2.45, 2.75) is 26.1 Å². The molecule has 0 aliphatic carbocycles. The predicted octanol–water partition coefficient (Wildman–Crippen LogP) is 6.14. The molecule has 0 unspecified atom stereocenters. The molecule has 2 heterocycles. The Morgan fingerprint density at radius 3 is 2.44 bits per heavy atom. The highest BCUT2D eigenvalue weighted by Crippen LogP contribution is 2.36. The van der Waals surface area contributed by atoms with Gasteiger partial charge in [-0.2, -0.15) is 10.1 Å². The standard InChI is InChI=1S/C30H26F3N7O4S/c1-18(2)24-13-12-23(43-3)14-25(24)40-26(41)16-45-29(40)36-28(42)37-35-15-19-4-6-20(7-5-19)27-34-17-39(38-27)21-8-10-22(11-9-21)44-30(31,32)33/h4-15,17-18H,16H2,1-3H3,(H,37,42)/b35-15+,36-29-. The van der Waals surface area contributed by atoms with Crippen molar-refractivity contribution in [1.82, 2.24) is 20.2 Å². The number of anilines is 1. The van der Waals surface area contributed by atoms with Crippen LogP contribution in [0.5, 0.6) is 11.5 Å². The number of nitrogens with zero attached hydrogens (tertiary/aromatic N) is 6. The third-order valence-electron chi connectivity index (χ3n) is 6.43. The number of amidine groups is 1. The molecule has 1 aliphatic rings. The number of aliphatic imine (C=N–C) groups is 1. The molecule has 0 atom stereocenters. The zero-order valence-electron chi connectivity index (χ0n) is 24.1. The van der Waals surface area contributed by atoms with Crippen molar-refractivity contribution >= 4 is 40.8 Å². The van der Waals surface area contributed by atoms with Crippen molar-refractivity contribution in [2.24, 2.45) is 10.1 Å². The van der Waals surface area contributed by atoms with E-state index >= 15 is 0 Å². The summed E-state index contributed by atoms with van der Waals surface area (Å²) in [7, 11) is 1.54. The zero-order chi connectivity index (χ0) is 32.1. The van der Waals surface area contributed by atoms with E-state index in [1.807, 2.05) is 26.0 Å². The number of thioether (sulfide) groups is 1. The van der Waals surface area contributed by atoms with E-state index in [1.165, 1.54) is 46.4 Å². The lowest BCUT2D eigenvalue weighted by molar-refractivity contribution is -0.274. The summed E-state index contributed by atoms with van der Waals surface area (Å²) in [6.07, 6.45) is -1.90. The number of hydrazone groups is 1. The third kappa shape index (κ3) is 7.67. The Morgan fingerprint density at radius 2 is 1.78 bits per heavy atom. The molecule has 5 rings (SSSR count). The molecular formula is C30H26F3N7O4S. The van der Waals surface area contributed by atoms with E-state index in [4.69, 9.17) is 4.74 Å². The summed E-state index contributed by atoms with van der Waals surface area (Å²) in [6.45, 7) is 4.02. The number of urea groups is 1. The minimum atomic E-state index is -4.77. The maximum Gasteiger partial charge on any atom is 0.573 e. The topological polar surface area (TPSA) is 123 Å². The summed E-state index contributed by atoms with van der Waals surface area (Å²) < 4.78 is 47.8. The van der Waals surface area contributed by atoms with Gasteiger partial charge in [-0.05, 0) is 47.4 Å². The molecule has 1 aromatic heterocycles. The fourth-order valence-corrected chi connectivity index (χ4v) is 5.18. The first-order valence-corrected chi connectivity index (χ1v) is 14.4. The van der Waals surface area contributed by atoms with Crippen LogP contribution in [0.25, 0.3) is 17.1 Å². The highest BCUT2D eigenvalue weighted by Gasteiger charge is 2.33. The van der Waals surface area contributed by atoms with Gasteiger partial charge >= 0.3 is 12.4 Å². The van der Waals surface area contributed by atoms with Gasteiger partial charge in [0.05, 0.1) is 30.5 Å². The fourth-order valence-electron chi connectivity index (χ4n) is 4.33. The summed E-state index contributed by atoms with van der Waals surface area (Å²) in [5, 5.41) is 8.59. The first-order valence-electron chi connectivity index (χ1n) is 13.4. The van der Waals surface area contributed by atoms with Gasteiger partial charge in [-0.1, -0.05) is 55.9 Å². The van der Waals surface area contributed by atoms with Crippen LogP contribution < -0.4 is 19.8 Å². The number of ether oxygens (including phenoxy) is 2. The second kappa shape index (κ2) is 13.2. The number of alkyl halides is 3. The number of methoxy groups -OCH3 is 1. The van der Waals surface area contributed by atoms with Crippen LogP contribution in [0.1, 0.15) is 30.9 Å². The lowest BCUT2D eigenvalue weighted by atomic mass is 10.00. The average molecular weight is 638 g/mol. The van der Waals surface area contributed by atoms with Gasteiger partial charge < -0.3 is 9.47 Å². The molecule has 15 heteroatoms. The van der Waals surface area contributed by atoms with Crippen LogP contribution in [0, 0.1) is 0 Å². The maximum atomic E-state index is 12.8. The number of rotatable bonds is 8. The van der Waals surface area contributed by atoms with Gasteiger partial charge in [-0.25, -0.2) is 19.9 Å². The normalized spacial score (nSPS) is 14.5. The second-order valence-electron chi connectivity index (χ2n) is 9.84. The average Bonchev–Trinajstić information content (AvgIpc) is 3.64. The summed E-state index contributed by atoms with van der Waals surface area (Å²) in [4.78, 5) is 35.1. The molecule has 0 radical (unpaired) electrons. The van der Waals surface area contributed by atoms with Crippen LogP contribution in [0.15, 0.2) is 83.2 Å². The van der Waals surface area contributed by atoms with Crippen LogP contribution in [-0.2, 0) is 4.79 Å². The minimum absolute atomic E-state index is 0.115. The van der Waals surface area contributed by atoms with E-state index in [0.29, 0.717) is 34.1 Å². The quantitative estimate of drug-likeness (QED) is 0.182. The van der Waals surface area contributed by atoms with Crippen LogP contribution >= 0.6 is 11.8 Å². The van der Waals surface area contributed by atoms with E-state index < -0.39 is 12.4 Å². The molecule has 4 aromatic rings. The molecule has 0 bridgehead atoms. The molecule has 1 saturated heterocycles. The number of nitrogens with one attached hydrogen (secondary N) is 1. The van der Waals surface area contributed by atoms with Crippen molar-refractivity contribution in [2.75, 3.05) is 17.8 Å². The predicted molar refractivity (Wildman–Crippen MR) is 164 cm³/mol. The first kappa shape index (κ1) is 31.3. The summed E-state index contributed by atoms with van der Waals surface area (Å²) in [6, 6.07) is 16.9. The Balaban J connectivity index is 1.22. The number of carbonyl (C=O) groups excluding carboxylic acids is 2. The Kier molecular flexibility index (Phi) is 9.18. The van der Waals surface area contributed by atoms with Gasteiger partial charge in [-0.3, -0.25) is 9.69 Å². The van der Waals surface area contributed by atoms with Gasteiger partial charge in [0.2, 0.25) is 5.91 Å². The second-order valence-corrected chi connectivity index (χ2v) is 10.8. The van der Waals surface area contributed by atoms with Crippen molar-refractivity contribution in [3.05, 3.63) is 84.2 Å². The Hall–Kier alpha value is -5.18. The summed E-state index contributed by atoms with van der Waals surface area (Å²) in [5.41, 5.74) is 5.73. The Labute approximate surface area is 259 Å². The van der Waals surface area contributed by atoms with E-state index in [2.05, 4.69) is 30.3 Å². The fraction of sp³-hybridized carbons (Fsp3) is 0.200. The van der Waals surface area contributed by atoms with Crippen LogP contribution in [-0.4, -0.2) is 57.3 Å². The summed E-state index contributed by atoms with van der Waals surface area (Å²) in [5.74, 6) is 0.698. The number of hydrogen-bond donors (Lipinski definition) is 1. The van der Waals surface area contributed by atoms with E-state index in [1.54, 1.807) is 37.4 Å². The number of amides is 3. The number of aromatic nitrogens is 3. The van der Waals surface area contributed by atoms with Gasteiger partial charge in [-0.15, -0.1) is 18.3 Å². The van der Waals surface area contributed by atoms with Crippen LogP contribution in [0.2, 0.25) is 0 Å². The number of halogens is 3. The highest BCUT2D eigenvalue weighted by atomic mass is 32.2. The molecule has 0 saturated carbocycles. The van der Waals surface area contributed by atoms with Gasteiger partial charge in [0, 0.05) is 11.6 Å². The van der Waals surface area contributed by atoms with Crippen molar-refractivity contribution in [1.29, 1.82) is 0 Å². The monoisotopic (exact) mass is 637 g/mol. The molecule has 11 nitrogen and oxygen atoms in total. The van der Waals surface area contributed by atoms with E-state index in [0.717, 1.165) is 17.3 Å². The van der Waals surface area contributed by atoms with E-state index in [-0.39, 0.29) is 28.5 Å². The Morgan fingerprint density at radius 1 is 1.07 bits per heavy atom. The smallest absolute Gasteiger partial charge is 0.497 e. The van der Waals surface area contributed by atoms with Gasteiger partial charge in [0.1, 0.15) is 17.8 Å². The zero-order valence-corrected chi connectivity index (χ0v) is 25.0. The lowest BCUT2D eigenvalue weighted by Crippen LogP contribution is -2.31. The third-order valence-corrected chi connectivity index (χ3v) is 7.36. The largest absolute Gasteiger partial charge is 0.573 e. The van der Waals surface area contributed by atoms with Crippen LogP contribution in [0.3, 0.4) is 0 Å². The SMILES string of the molecule is COc1ccc(C(C)C)c(N2C(=O)CS/C2=N\C(=O)N/N=C/c2ccc(-c3ncn(-c4ccc(OC(F)(F)F)cc4)n3)cc2)c1. The minimum Gasteiger partial charge on any atom is -0.497 e.